The van der Waals surface area contributed by atoms with Gasteiger partial charge < -0.3 is 9.84 Å². The number of methoxy groups -OCH3 is 1. The summed E-state index contributed by atoms with van der Waals surface area (Å²) in [5.74, 6) is -0.270. The molecule has 94 valence electrons. The second kappa shape index (κ2) is 5.55. The lowest BCUT2D eigenvalue weighted by Crippen LogP contribution is -2.05. The highest BCUT2D eigenvalue weighted by atomic mass is 19.1. The average molecular weight is 248 g/mol. The van der Waals surface area contributed by atoms with Gasteiger partial charge in [-0.15, -0.1) is 0 Å². The minimum absolute atomic E-state index is 0.161. The van der Waals surface area contributed by atoms with Crippen LogP contribution in [0.25, 0.3) is 0 Å². The van der Waals surface area contributed by atoms with Crippen LogP contribution in [0.3, 0.4) is 0 Å². The molecule has 1 atom stereocenters. The molecule has 0 aliphatic heterocycles. The summed E-state index contributed by atoms with van der Waals surface area (Å²) >= 11 is 0. The molecule has 5 heteroatoms. The number of benzene rings is 1. The summed E-state index contributed by atoms with van der Waals surface area (Å²) in [6.45, 7) is 0. The van der Waals surface area contributed by atoms with Crippen LogP contribution in [0.2, 0.25) is 0 Å². The van der Waals surface area contributed by atoms with E-state index >= 15 is 0 Å². The molecular weight excluding hydrogens is 235 g/mol. The van der Waals surface area contributed by atoms with Crippen molar-refractivity contribution in [1.29, 1.82) is 0 Å². The third-order valence-electron chi connectivity index (χ3n) is 2.67. The minimum Gasteiger partial charge on any atom is -0.494 e. The van der Waals surface area contributed by atoms with Crippen LogP contribution < -0.4 is 4.74 Å². The fourth-order valence-corrected chi connectivity index (χ4v) is 1.70. The molecule has 0 saturated carbocycles. The van der Waals surface area contributed by atoms with Crippen LogP contribution in [-0.4, -0.2) is 22.4 Å². The number of rotatable bonds is 4. The van der Waals surface area contributed by atoms with Gasteiger partial charge in [0.15, 0.2) is 11.6 Å². The highest BCUT2D eigenvalue weighted by Gasteiger charge is 2.14. The molecule has 0 radical (unpaired) electrons. The van der Waals surface area contributed by atoms with E-state index in [-0.39, 0.29) is 12.2 Å². The number of aliphatic hydroxyl groups excluding tert-OH is 1. The highest BCUT2D eigenvalue weighted by Crippen LogP contribution is 2.24. The Hall–Kier alpha value is -2.01. The van der Waals surface area contributed by atoms with Crippen molar-refractivity contribution in [2.45, 2.75) is 12.5 Å². The number of nitrogens with zero attached hydrogens (tertiary/aromatic N) is 2. The zero-order chi connectivity index (χ0) is 13.0. The zero-order valence-electron chi connectivity index (χ0n) is 9.88. The molecule has 4 nitrogen and oxygen atoms in total. The van der Waals surface area contributed by atoms with E-state index in [0.29, 0.717) is 11.1 Å². The van der Waals surface area contributed by atoms with Gasteiger partial charge in [-0.3, -0.25) is 0 Å². The molecule has 0 amide bonds. The fourth-order valence-electron chi connectivity index (χ4n) is 1.70. The maximum Gasteiger partial charge on any atom is 0.168 e. The summed E-state index contributed by atoms with van der Waals surface area (Å²) in [6.07, 6.45) is 2.29. The number of halogens is 1. The SMILES string of the molecule is COc1cccc(CC(O)c2ccnnc2)c1F. The smallest absolute Gasteiger partial charge is 0.168 e. The molecule has 0 bridgehead atoms. The van der Waals surface area contributed by atoms with E-state index in [1.54, 1.807) is 24.3 Å². The van der Waals surface area contributed by atoms with Crippen LogP contribution in [0.4, 0.5) is 4.39 Å². The average Bonchev–Trinajstić information content (AvgIpc) is 2.42. The molecule has 1 N–H and O–H groups in total. The lowest BCUT2D eigenvalue weighted by molar-refractivity contribution is 0.176. The van der Waals surface area contributed by atoms with Crippen molar-refractivity contribution in [3.8, 4) is 5.75 Å². The quantitative estimate of drug-likeness (QED) is 0.897. The third-order valence-corrected chi connectivity index (χ3v) is 2.67. The molecular formula is C13H13FN2O2. The van der Waals surface area contributed by atoms with Crippen molar-refractivity contribution in [3.05, 3.63) is 53.6 Å². The molecule has 0 aliphatic rings. The van der Waals surface area contributed by atoms with Crippen LogP contribution in [0.1, 0.15) is 17.2 Å². The number of hydrogen-bond acceptors (Lipinski definition) is 4. The molecule has 1 unspecified atom stereocenters. The summed E-state index contributed by atoms with van der Waals surface area (Å²) in [5.41, 5.74) is 1.01. The van der Waals surface area contributed by atoms with E-state index in [4.69, 9.17) is 4.74 Å². The maximum atomic E-state index is 13.9. The topological polar surface area (TPSA) is 55.2 Å². The number of ether oxygens (including phenoxy) is 1. The van der Waals surface area contributed by atoms with Gasteiger partial charge in [0.05, 0.1) is 19.4 Å². The van der Waals surface area contributed by atoms with Gasteiger partial charge in [-0.05, 0) is 17.7 Å². The molecule has 0 saturated heterocycles. The Balaban J connectivity index is 2.19. The second-order valence-electron chi connectivity index (χ2n) is 3.83. The van der Waals surface area contributed by atoms with Gasteiger partial charge in [0.1, 0.15) is 0 Å². The lowest BCUT2D eigenvalue weighted by atomic mass is 10.0. The van der Waals surface area contributed by atoms with Crippen LogP contribution in [0, 0.1) is 5.82 Å². The number of aliphatic hydroxyl groups is 1. The maximum absolute atomic E-state index is 13.9. The predicted molar refractivity (Wildman–Crippen MR) is 63.6 cm³/mol. The number of hydrogen-bond donors (Lipinski definition) is 1. The fraction of sp³-hybridized carbons (Fsp3) is 0.231. The summed E-state index contributed by atoms with van der Waals surface area (Å²) in [6, 6.07) is 6.50. The first kappa shape index (κ1) is 12.4. The molecule has 0 fully saturated rings. The van der Waals surface area contributed by atoms with E-state index in [0.717, 1.165) is 0 Å². The first-order chi connectivity index (χ1) is 8.72. The Labute approximate surface area is 104 Å². The van der Waals surface area contributed by atoms with Crippen LogP contribution >= 0.6 is 0 Å². The summed E-state index contributed by atoms with van der Waals surface area (Å²) in [5, 5.41) is 17.3. The number of aromatic nitrogens is 2. The highest BCUT2D eigenvalue weighted by molar-refractivity contribution is 5.32. The summed E-state index contributed by atoms with van der Waals surface area (Å²) < 4.78 is 18.8. The van der Waals surface area contributed by atoms with Gasteiger partial charge in [0.2, 0.25) is 0 Å². The molecule has 18 heavy (non-hydrogen) atoms. The Morgan fingerprint density at radius 2 is 2.17 bits per heavy atom. The minimum atomic E-state index is -0.817. The summed E-state index contributed by atoms with van der Waals surface area (Å²) in [7, 11) is 1.41. The first-order valence-corrected chi connectivity index (χ1v) is 5.48. The normalized spacial score (nSPS) is 12.2. The standard InChI is InChI=1S/C13H13FN2O2/c1-18-12-4-2-3-9(13(12)14)7-11(17)10-5-6-15-16-8-10/h2-6,8,11,17H,7H2,1H3. The van der Waals surface area contributed by atoms with Gasteiger partial charge in [-0.25, -0.2) is 4.39 Å². The van der Waals surface area contributed by atoms with Gasteiger partial charge >= 0.3 is 0 Å². The Bertz CT molecular complexity index is 520. The molecule has 1 aromatic carbocycles. The monoisotopic (exact) mass is 248 g/mol. The van der Waals surface area contributed by atoms with Crippen LogP contribution in [0.5, 0.6) is 5.75 Å². The van der Waals surface area contributed by atoms with Crippen molar-refractivity contribution in [2.24, 2.45) is 0 Å². The van der Waals surface area contributed by atoms with E-state index in [9.17, 15) is 9.50 Å². The Morgan fingerprint density at radius 3 is 2.83 bits per heavy atom. The van der Waals surface area contributed by atoms with Crippen molar-refractivity contribution in [3.63, 3.8) is 0 Å². The Kier molecular flexibility index (Phi) is 3.84. The van der Waals surface area contributed by atoms with Crippen molar-refractivity contribution in [2.75, 3.05) is 7.11 Å². The first-order valence-electron chi connectivity index (χ1n) is 5.48. The largest absolute Gasteiger partial charge is 0.494 e. The molecule has 0 spiro atoms. The summed E-state index contributed by atoms with van der Waals surface area (Å²) in [4.78, 5) is 0. The molecule has 1 heterocycles. The van der Waals surface area contributed by atoms with Gasteiger partial charge in [-0.2, -0.15) is 10.2 Å². The van der Waals surface area contributed by atoms with E-state index < -0.39 is 11.9 Å². The van der Waals surface area contributed by atoms with E-state index in [1.807, 2.05) is 0 Å². The molecule has 2 rings (SSSR count). The Morgan fingerprint density at radius 1 is 1.33 bits per heavy atom. The second-order valence-corrected chi connectivity index (χ2v) is 3.83. The lowest BCUT2D eigenvalue weighted by Gasteiger charge is -2.12. The van der Waals surface area contributed by atoms with E-state index in [1.165, 1.54) is 19.5 Å². The predicted octanol–water partition coefficient (Wildman–Crippen LogP) is 1.90. The molecule has 0 aliphatic carbocycles. The van der Waals surface area contributed by atoms with Crippen molar-refractivity contribution < 1.29 is 14.2 Å². The van der Waals surface area contributed by atoms with Crippen molar-refractivity contribution in [1.82, 2.24) is 10.2 Å². The zero-order valence-corrected chi connectivity index (χ0v) is 9.88. The van der Waals surface area contributed by atoms with E-state index in [2.05, 4.69) is 10.2 Å². The van der Waals surface area contributed by atoms with Gasteiger partial charge in [0, 0.05) is 18.2 Å². The van der Waals surface area contributed by atoms with Gasteiger partial charge in [0.25, 0.3) is 0 Å². The van der Waals surface area contributed by atoms with Gasteiger partial charge in [-0.1, -0.05) is 12.1 Å². The van der Waals surface area contributed by atoms with Crippen LogP contribution in [-0.2, 0) is 6.42 Å². The third kappa shape index (κ3) is 2.62. The molecule has 2 aromatic rings. The van der Waals surface area contributed by atoms with Crippen LogP contribution in [0.15, 0.2) is 36.7 Å². The van der Waals surface area contributed by atoms with Crippen molar-refractivity contribution >= 4 is 0 Å². The molecule has 1 aromatic heterocycles.